The van der Waals surface area contributed by atoms with Gasteiger partial charge in [-0.25, -0.2) is 0 Å². The van der Waals surface area contributed by atoms with Gasteiger partial charge in [0, 0.05) is 6.07 Å². The number of halogens is 1. The van der Waals surface area contributed by atoms with Crippen LogP contribution in [0.25, 0.3) is 0 Å². The summed E-state index contributed by atoms with van der Waals surface area (Å²) in [6.45, 7) is 3.14. The summed E-state index contributed by atoms with van der Waals surface area (Å²) in [5.74, 6) is 0.193. The molecular formula is C10H12ClNO4. The third kappa shape index (κ3) is 3.67. The minimum absolute atomic E-state index is 0.00783. The number of ether oxygens (including phenoxy) is 1. The molecule has 5 nitrogen and oxygen atoms in total. The van der Waals surface area contributed by atoms with Crippen LogP contribution in [0, 0.1) is 10.1 Å². The Morgan fingerprint density at radius 1 is 1.56 bits per heavy atom. The van der Waals surface area contributed by atoms with Crippen molar-refractivity contribution < 1.29 is 14.8 Å². The van der Waals surface area contributed by atoms with Gasteiger partial charge in [0.15, 0.2) is 0 Å². The summed E-state index contributed by atoms with van der Waals surface area (Å²) in [4.78, 5) is 9.99. The number of nitrogens with zero attached hydrogens (tertiary/aromatic N) is 1. The van der Waals surface area contributed by atoms with Crippen molar-refractivity contribution in [1.82, 2.24) is 0 Å². The third-order valence-electron chi connectivity index (χ3n) is 1.71. The van der Waals surface area contributed by atoms with E-state index in [9.17, 15) is 15.2 Å². The molecule has 0 aliphatic rings. The van der Waals surface area contributed by atoms with E-state index in [-0.39, 0.29) is 23.1 Å². The Labute approximate surface area is 97.8 Å². The number of benzene rings is 1. The van der Waals surface area contributed by atoms with Crippen molar-refractivity contribution in [2.45, 2.75) is 19.4 Å². The van der Waals surface area contributed by atoms with E-state index in [1.165, 1.54) is 18.2 Å². The van der Waals surface area contributed by atoms with Gasteiger partial charge < -0.3 is 9.84 Å². The van der Waals surface area contributed by atoms with Crippen LogP contribution >= 0.6 is 11.6 Å². The number of hydrogen-bond donors (Lipinski definition) is 1. The molecule has 0 unspecified atom stereocenters. The molecule has 0 saturated heterocycles. The van der Waals surface area contributed by atoms with Crippen molar-refractivity contribution in [1.29, 1.82) is 0 Å². The highest BCUT2D eigenvalue weighted by atomic mass is 35.5. The highest BCUT2D eigenvalue weighted by Crippen LogP contribution is 2.29. The second-order valence-electron chi connectivity index (χ2n) is 3.97. The van der Waals surface area contributed by atoms with E-state index >= 15 is 0 Å². The SMILES string of the molecule is CC(C)(O)COc1cc([N+](=O)[O-])ccc1Cl. The first-order chi connectivity index (χ1) is 7.29. The summed E-state index contributed by atoms with van der Waals surface area (Å²) in [6, 6.07) is 3.91. The molecule has 0 atom stereocenters. The summed E-state index contributed by atoms with van der Waals surface area (Å²) in [7, 11) is 0. The average Bonchev–Trinajstić information content (AvgIpc) is 2.14. The van der Waals surface area contributed by atoms with Crippen molar-refractivity contribution in [2.75, 3.05) is 6.61 Å². The molecule has 1 aromatic carbocycles. The Balaban J connectivity index is 2.86. The summed E-state index contributed by atoms with van der Waals surface area (Å²) in [6.07, 6.45) is 0. The van der Waals surface area contributed by atoms with Crippen LogP contribution < -0.4 is 4.74 Å². The predicted molar refractivity (Wildman–Crippen MR) is 59.9 cm³/mol. The lowest BCUT2D eigenvalue weighted by Gasteiger charge is -2.18. The van der Waals surface area contributed by atoms with Crippen molar-refractivity contribution in [3.8, 4) is 5.75 Å². The molecule has 88 valence electrons. The summed E-state index contributed by atoms with van der Waals surface area (Å²) >= 11 is 5.80. The zero-order chi connectivity index (χ0) is 12.3. The number of rotatable bonds is 4. The topological polar surface area (TPSA) is 72.6 Å². The van der Waals surface area contributed by atoms with Crippen molar-refractivity contribution in [2.24, 2.45) is 0 Å². The van der Waals surface area contributed by atoms with Crippen molar-refractivity contribution >= 4 is 17.3 Å². The Morgan fingerprint density at radius 2 is 2.19 bits per heavy atom. The zero-order valence-corrected chi connectivity index (χ0v) is 9.69. The standard InChI is InChI=1S/C10H12ClNO4/c1-10(2,13)6-16-9-5-7(12(14)15)3-4-8(9)11/h3-5,13H,6H2,1-2H3. The van der Waals surface area contributed by atoms with Gasteiger partial charge in [0.05, 0.1) is 21.6 Å². The van der Waals surface area contributed by atoms with E-state index < -0.39 is 10.5 Å². The molecule has 0 bridgehead atoms. The smallest absolute Gasteiger partial charge is 0.273 e. The second-order valence-corrected chi connectivity index (χ2v) is 4.38. The van der Waals surface area contributed by atoms with E-state index in [0.29, 0.717) is 0 Å². The van der Waals surface area contributed by atoms with Gasteiger partial charge in [-0.2, -0.15) is 0 Å². The minimum Gasteiger partial charge on any atom is -0.489 e. The lowest BCUT2D eigenvalue weighted by atomic mass is 10.2. The molecule has 6 heteroatoms. The van der Waals surface area contributed by atoms with Gasteiger partial charge in [-0.15, -0.1) is 0 Å². The monoisotopic (exact) mass is 245 g/mol. The Kier molecular flexibility index (Phi) is 3.72. The van der Waals surface area contributed by atoms with E-state index in [0.717, 1.165) is 0 Å². The summed E-state index contributed by atoms with van der Waals surface area (Å²) < 4.78 is 5.21. The fraction of sp³-hybridized carbons (Fsp3) is 0.400. The maximum Gasteiger partial charge on any atom is 0.273 e. The van der Waals surface area contributed by atoms with Crippen molar-refractivity contribution in [3.63, 3.8) is 0 Å². The first-order valence-electron chi connectivity index (χ1n) is 4.59. The van der Waals surface area contributed by atoms with Crippen LogP contribution in [0.5, 0.6) is 5.75 Å². The van der Waals surface area contributed by atoms with Gasteiger partial charge in [0.1, 0.15) is 12.4 Å². The summed E-state index contributed by atoms with van der Waals surface area (Å²) in [5, 5.41) is 20.2. The molecule has 0 aliphatic heterocycles. The molecule has 1 aromatic rings. The molecule has 0 amide bonds. The minimum atomic E-state index is -1.02. The van der Waals surface area contributed by atoms with Crippen LogP contribution in [0.4, 0.5) is 5.69 Å². The lowest BCUT2D eigenvalue weighted by molar-refractivity contribution is -0.384. The molecule has 0 saturated carbocycles. The predicted octanol–water partition coefficient (Wildman–Crippen LogP) is 2.40. The number of nitro benzene ring substituents is 1. The first-order valence-corrected chi connectivity index (χ1v) is 4.96. The van der Waals surface area contributed by atoms with Crippen LogP contribution in [-0.2, 0) is 0 Å². The fourth-order valence-electron chi connectivity index (χ4n) is 0.971. The third-order valence-corrected chi connectivity index (χ3v) is 2.02. The number of aliphatic hydroxyl groups is 1. The van der Waals surface area contributed by atoms with Gasteiger partial charge >= 0.3 is 0 Å². The van der Waals surface area contributed by atoms with Crippen LogP contribution in [0.2, 0.25) is 5.02 Å². The Morgan fingerprint density at radius 3 is 2.69 bits per heavy atom. The largest absolute Gasteiger partial charge is 0.489 e. The Hall–Kier alpha value is -1.33. The Bertz CT molecular complexity index is 400. The molecule has 0 aromatic heterocycles. The molecule has 0 radical (unpaired) electrons. The summed E-state index contributed by atoms with van der Waals surface area (Å²) in [5.41, 5.74) is -1.12. The normalized spacial score (nSPS) is 11.2. The maximum atomic E-state index is 10.5. The zero-order valence-electron chi connectivity index (χ0n) is 8.94. The lowest BCUT2D eigenvalue weighted by Crippen LogP contribution is -2.27. The average molecular weight is 246 g/mol. The quantitative estimate of drug-likeness (QED) is 0.653. The van der Waals surface area contributed by atoms with Crippen LogP contribution in [-0.4, -0.2) is 22.2 Å². The first kappa shape index (κ1) is 12.7. The highest BCUT2D eigenvalue weighted by Gasteiger charge is 2.16. The van der Waals surface area contributed by atoms with Crippen LogP contribution in [0.15, 0.2) is 18.2 Å². The van der Waals surface area contributed by atoms with E-state index in [2.05, 4.69) is 0 Å². The molecule has 0 fully saturated rings. The van der Waals surface area contributed by atoms with Gasteiger partial charge in [-0.3, -0.25) is 10.1 Å². The molecule has 1 rings (SSSR count). The molecule has 16 heavy (non-hydrogen) atoms. The van der Waals surface area contributed by atoms with E-state index in [4.69, 9.17) is 16.3 Å². The highest BCUT2D eigenvalue weighted by molar-refractivity contribution is 6.32. The second kappa shape index (κ2) is 4.67. The van der Waals surface area contributed by atoms with Gasteiger partial charge in [-0.1, -0.05) is 11.6 Å². The number of non-ortho nitro benzene ring substituents is 1. The van der Waals surface area contributed by atoms with E-state index in [1.807, 2.05) is 0 Å². The van der Waals surface area contributed by atoms with Crippen LogP contribution in [0.1, 0.15) is 13.8 Å². The molecule has 0 spiro atoms. The van der Waals surface area contributed by atoms with Crippen molar-refractivity contribution in [3.05, 3.63) is 33.3 Å². The van der Waals surface area contributed by atoms with Gasteiger partial charge in [-0.05, 0) is 19.9 Å². The molecule has 0 aliphatic carbocycles. The maximum absolute atomic E-state index is 10.5. The van der Waals surface area contributed by atoms with Crippen LogP contribution in [0.3, 0.4) is 0 Å². The van der Waals surface area contributed by atoms with Gasteiger partial charge in [0.25, 0.3) is 5.69 Å². The van der Waals surface area contributed by atoms with Gasteiger partial charge in [0.2, 0.25) is 0 Å². The number of nitro groups is 1. The molecule has 0 heterocycles. The molecule has 1 N–H and O–H groups in total. The van der Waals surface area contributed by atoms with E-state index in [1.54, 1.807) is 13.8 Å². The number of hydrogen-bond acceptors (Lipinski definition) is 4. The molecular weight excluding hydrogens is 234 g/mol. The fourth-order valence-corrected chi connectivity index (χ4v) is 1.14.